The molecule has 1 aromatic carbocycles. The summed E-state index contributed by atoms with van der Waals surface area (Å²) in [5.41, 5.74) is 3.96. The molecule has 2 nitrogen and oxygen atoms in total. The van der Waals surface area contributed by atoms with Crippen LogP contribution in [-0.2, 0) is 24.0 Å². The lowest BCUT2D eigenvalue weighted by Gasteiger charge is -2.12. The van der Waals surface area contributed by atoms with Crippen LogP contribution in [0.5, 0.6) is 0 Å². The van der Waals surface area contributed by atoms with E-state index in [1.54, 1.807) is 6.26 Å². The smallest absolute Gasteiger partial charge is 0.155 e. The molecule has 15 heavy (non-hydrogen) atoms. The highest BCUT2D eigenvalue weighted by Gasteiger charge is 2.15. The molecule has 1 aromatic rings. The fourth-order valence-electron chi connectivity index (χ4n) is 2.14. The van der Waals surface area contributed by atoms with Gasteiger partial charge in [0.25, 0.3) is 0 Å². The molecule has 0 saturated heterocycles. The summed E-state index contributed by atoms with van der Waals surface area (Å²) >= 11 is -0.865. The van der Waals surface area contributed by atoms with E-state index in [0.717, 1.165) is 36.4 Å². The number of benzene rings is 1. The molecule has 0 bridgehead atoms. The van der Waals surface area contributed by atoms with Crippen molar-refractivity contribution in [3.05, 3.63) is 28.8 Å². The van der Waals surface area contributed by atoms with Gasteiger partial charge in [-0.25, -0.2) is 0 Å². The second kappa shape index (κ2) is 4.56. The van der Waals surface area contributed by atoms with Gasteiger partial charge in [0.1, 0.15) is 6.26 Å². The van der Waals surface area contributed by atoms with Gasteiger partial charge in [-0.1, -0.05) is 6.07 Å². The van der Waals surface area contributed by atoms with Crippen LogP contribution in [0.15, 0.2) is 17.0 Å². The van der Waals surface area contributed by atoms with E-state index < -0.39 is 11.2 Å². The highest BCUT2D eigenvalue weighted by atomic mass is 32.2. The summed E-state index contributed by atoms with van der Waals surface area (Å²) in [6.45, 7) is 4.14. The van der Waals surface area contributed by atoms with Crippen LogP contribution in [0.25, 0.3) is 0 Å². The maximum atomic E-state index is 11.5. The Kier molecular flexibility index (Phi) is 3.34. The summed E-state index contributed by atoms with van der Waals surface area (Å²) in [7, 11) is 0. The molecule has 3 heteroatoms. The van der Waals surface area contributed by atoms with Gasteiger partial charge < -0.3 is 9.87 Å². The highest BCUT2D eigenvalue weighted by molar-refractivity contribution is 7.90. The molecule has 0 spiro atoms. The van der Waals surface area contributed by atoms with Crippen molar-refractivity contribution in [3.8, 4) is 0 Å². The second-order valence-electron chi connectivity index (χ2n) is 4.09. The van der Waals surface area contributed by atoms with E-state index in [1.807, 2.05) is 0 Å². The lowest BCUT2D eigenvalue weighted by molar-refractivity contribution is 0.600. The Labute approximate surface area is 94.3 Å². The number of hydrogen-bond acceptors (Lipinski definition) is 2. The molecule has 0 saturated carbocycles. The first-order valence-electron chi connectivity index (χ1n) is 5.35. The molecule has 1 N–H and O–H groups in total. The number of aryl methyl sites for hydroxylation is 1. The highest BCUT2D eigenvalue weighted by Crippen LogP contribution is 2.22. The Bertz CT molecular complexity index is 363. The third-order valence-electron chi connectivity index (χ3n) is 2.95. The normalized spacial score (nSPS) is 18.1. The van der Waals surface area contributed by atoms with Gasteiger partial charge in [-0.3, -0.25) is 0 Å². The molecule has 1 unspecified atom stereocenters. The third-order valence-corrected chi connectivity index (χ3v) is 4.01. The van der Waals surface area contributed by atoms with E-state index >= 15 is 0 Å². The predicted molar refractivity (Wildman–Crippen MR) is 63.8 cm³/mol. The molecule has 1 aliphatic rings. The van der Waals surface area contributed by atoms with E-state index in [-0.39, 0.29) is 0 Å². The van der Waals surface area contributed by atoms with Crippen molar-refractivity contribution in [3.63, 3.8) is 0 Å². The fourth-order valence-corrected chi connectivity index (χ4v) is 2.96. The van der Waals surface area contributed by atoms with Gasteiger partial charge in [-0.15, -0.1) is 0 Å². The molecule has 1 aliphatic heterocycles. The van der Waals surface area contributed by atoms with Crippen molar-refractivity contribution in [1.29, 1.82) is 0 Å². The van der Waals surface area contributed by atoms with Gasteiger partial charge in [0.05, 0.1) is 0 Å². The first-order chi connectivity index (χ1) is 7.18. The topological polar surface area (TPSA) is 35.1 Å². The first kappa shape index (κ1) is 11.0. The number of hydrogen-bond donors (Lipinski definition) is 1. The van der Waals surface area contributed by atoms with Crippen LogP contribution in [0.3, 0.4) is 0 Å². The van der Waals surface area contributed by atoms with Crippen molar-refractivity contribution in [2.75, 3.05) is 19.3 Å². The molecule has 0 radical (unpaired) electrons. The van der Waals surface area contributed by atoms with Gasteiger partial charge in [0.15, 0.2) is 4.90 Å². The van der Waals surface area contributed by atoms with Gasteiger partial charge >= 0.3 is 0 Å². The van der Waals surface area contributed by atoms with E-state index in [4.69, 9.17) is 0 Å². The molecule has 0 aliphatic carbocycles. The zero-order valence-corrected chi connectivity index (χ0v) is 10.1. The number of fused-ring (bicyclic) bond motifs is 1. The van der Waals surface area contributed by atoms with Crippen LogP contribution in [0.2, 0.25) is 0 Å². The van der Waals surface area contributed by atoms with Crippen LogP contribution in [0.1, 0.15) is 16.7 Å². The molecule has 2 rings (SSSR count). The molecular formula is C12H17NOS. The van der Waals surface area contributed by atoms with Crippen LogP contribution in [-0.4, -0.2) is 23.9 Å². The van der Waals surface area contributed by atoms with Gasteiger partial charge in [0, 0.05) is 5.56 Å². The predicted octanol–water partition coefficient (Wildman–Crippen LogP) is 1.42. The Morgan fingerprint density at radius 1 is 1.20 bits per heavy atom. The van der Waals surface area contributed by atoms with Crippen LogP contribution >= 0.6 is 0 Å². The van der Waals surface area contributed by atoms with Crippen LogP contribution < -0.4 is 5.32 Å². The van der Waals surface area contributed by atoms with E-state index in [2.05, 4.69) is 24.4 Å². The summed E-state index contributed by atoms with van der Waals surface area (Å²) in [6, 6.07) is 4.34. The van der Waals surface area contributed by atoms with E-state index in [1.165, 1.54) is 11.1 Å². The summed E-state index contributed by atoms with van der Waals surface area (Å²) in [5.74, 6) is 0. The second-order valence-corrected chi connectivity index (χ2v) is 5.44. The molecule has 0 aromatic heterocycles. The summed E-state index contributed by atoms with van der Waals surface area (Å²) < 4.78 is 11.5. The minimum atomic E-state index is -0.865. The van der Waals surface area contributed by atoms with Gasteiger partial charge in [-0.2, -0.15) is 0 Å². The maximum Gasteiger partial charge on any atom is 0.155 e. The summed E-state index contributed by atoms with van der Waals surface area (Å²) in [4.78, 5) is 0.996. The molecular weight excluding hydrogens is 206 g/mol. The zero-order chi connectivity index (χ0) is 10.8. The van der Waals surface area contributed by atoms with E-state index in [9.17, 15) is 4.55 Å². The van der Waals surface area contributed by atoms with Crippen molar-refractivity contribution < 1.29 is 4.55 Å². The fraction of sp³-hybridized carbons (Fsp3) is 0.500. The quantitative estimate of drug-likeness (QED) is 0.731. The minimum Gasteiger partial charge on any atom is -0.612 e. The van der Waals surface area contributed by atoms with Gasteiger partial charge in [0.2, 0.25) is 0 Å². The van der Waals surface area contributed by atoms with E-state index in [0.29, 0.717) is 0 Å². The third kappa shape index (κ3) is 2.36. The first-order valence-corrected chi connectivity index (χ1v) is 6.91. The van der Waals surface area contributed by atoms with Crippen LogP contribution in [0, 0.1) is 6.92 Å². The Balaban J connectivity index is 2.42. The van der Waals surface area contributed by atoms with Gasteiger partial charge in [-0.05, 0) is 61.2 Å². The SMILES string of the molecule is Cc1cc2c(cc1[S+](C)[O-])CCNCC2. The monoisotopic (exact) mass is 223 g/mol. The van der Waals surface area contributed by atoms with Crippen molar-refractivity contribution in [2.45, 2.75) is 24.7 Å². The molecule has 1 atom stereocenters. The molecule has 82 valence electrons. The lowest BCUT2D eigenvalue weighted by atomic mass is 10.0. The number of nitrogens with one attached hydrogen (secondary N) is 1. The summed E-state index contributed by atoms with van der Waals surface area (Å²) in [6.07, 6.45) is 3.90. The van der Waals surface area contributed by atoms with Crippen LogP contribution in [0.4, 0.5) is 0 Å². The molecule has 0 fully saturated rings. The minimum absolute atomic E-state index is 0.865. The average molecular weight is 223 g/mol. The van der Waals surface area contributed by atoms with Crippen molar-refractivity contribution in [1.82, 2.24) is 5.32 Å². The molecule has 1 heterocycles. The maximum absolute atomic E-state index is 11.5. The Morgan fingerprint density at radius 3 is 2.40 bits per heavy atom. The summed E-state index contributed by atoms with van der Waals surface area (Å²) in [5, 5.41) is 3.39. The van der Waals surface area contributed by atoms with Crippen molar-refractivity contribution in [2.24, 2.45) is 0 Å². The van der Waals surface area contributed by atoms with Crippen molar-refractivity contribution >= 4 is 11.2 Å². The molecule has 0 amide bonds. The Morgan fingerprint density at radius 2 is 1.80 bits per heavy atom. The standard InChI is InChI=1S/C12H17NOS/c1-9-7-10-3-5-13-6-4-11(10)8-12(9)15(2)14/h7-8,13H,3-6H2,1-2H3. The largest absolute Gasteiger partial charge is 0.612 e. The Hall–Kier alpha value is -0.510. The zero-order valence-electron chi connectivity index (χ0n) is 9.30. The average Bonchev–Trinajstić information content (AvgIpc) is 2.40. The number of rotatable bonds is 1. The lowest BCUT2D eigenvalue weighted by Crippen LogP contribution is -2.16.